The smallest absolute Gasteiger partial charge is 0.269 e. The summed E-state index contributed by atoms with van der Waals surface area (Å²) in [5, 5.41) is 12.3. The number of nitrogens with zero attached hydrogens (tertiary/aromatic N) is 4. The van der Waals surface area contributed by atoms with Crippen molar-refractivity contribution < 1.29 is 8.42 Å². The van der Waals surface area contributed by atoms with Crippen LogP contribution in [0.1, 0.15) is 5.56 Å². The number of nitriles is 1. The molecule has 0 unspecified atom stereocenters. The zero-order valence-electron chi connectivity index (χ0n) is 14.3. The number of hydrogen-bond acceptors (Lipinski definition) is 6. The van der Waals surface area contributed by atoms with Gasteiger partial charge in [-0.3, -0.25) is 4.98 Å². The average Bonchev–Trinajstić information content (AvgIpc) is 3.09. The van der Waals surface area contributed by atoms with Crippen LogP contribution < -0.4 is 10.2 Å². The fourth-order valence-electron chi connectivity index (χ4n) is 3.24. The second kappa shape index (κ2) is 6.85. The van der Waals surface area contributed by atoms with Crippen molar-refractivity contribution in [3.8, 4) is 6.07 Å². The molecule has 0 atom stereocenters. The summed E-state index contributed by atoms with van der Waals surface area (Å²) < 4.78 is 27.8. The minimum Gasteiger partial charge on any atom is -0.366 e. The monoisotopic (exact) mass is 401 g/mol. The van der Waals surface area contributed by atoms with Crippen molar-refractivity contribution in [2.24, 2.45) is 0 Å². The van der Waals surface area contributed by atoms with Crippen molar-refractivity contribution in [3.63, 3.8) is 0 Å². The maximum atomic E-state index is 13.3. The Morgan fingerprint density at radius 1 is 1.22 bits per heavy atom. The van der Waals surface area contributed by atoms with Gasteiger partial charge in [0.2, 0.25) is 0 Å². The van der Waals surface area contributed by atoms with E-state index in [0.29, 0.717) is 16.6 Å². The minimum absolute atomic E-state index is 0.0171. The summed E-state index contributed by atoms with van der Waals surface area (Å²) in [5.74, 6) is 0. The summed E-state index contributed by atoms with van der Waals surface area (Å²) in [4.78, 5) is 6.49. The van der Waals surface area contributed by atoms with Gasteiger partial charge in [-0.2, -0.15) is 5.26 Å². The van der Waals surface area contributed by atoms with E-state index < -0.39 is 10.0 Å². The van der Waals surface area contributed by atoms with E-state index in [4.69, 9.17) is 16.9 Å². The highest BCUT2D eigenvalue weighted by Crippen LogP contribution is 2.32. The van der Waals surface area contributed by atoms with E-state index in [-0.39, 0.29) is 9.92 Å². The lowest BCUT2D eigenvalue weighted by molar-refractivity contribution is 0.586. The first-order chi connectivity index (χ1) is 13.0. The first-order valence-electron chi connectivity index (χ1n) is 8.39. The predicted molar refractivity (Wildman–Crippen MR) is 104 cm³/mol. The fourth-order valence-corrected chi connectivity index (χ4v) is 5.11. The average molecular weight is 402 g/mol. The summed E-state index contributed by atoms with van der Waals surface area (Å²) in [6.45, 7) is 3.20. The Balaban J connectivity index is 1.90. The molecule has 0 spiro atoms. The third-order valence-corrected chi connectivity index (χ3v) is 6.72. The maximum absolute atomic E-state index is 13.3. The highest BCUT2D eigenvalue weighted by Gasteiger charge is 2.26. The van der Waals surface area contributed by atoms with Crippen LogP contribution in [-0.4, -0.2) is 43.6 Å². The number of piperazine rings is 1. The van der Waals surface area contributed by atoms with Gasteiger partial charge < -0.3 is 10.2 Å². The summed E-state index contributed by atoms with van der Waals surface area (Å²) in [7, 11) is -3.95. The highest BCUT2D eigenvalue weighted by atomic mass is 35.5. The number of rotatable bonds is 3. The summed E-state index contributed by atoms with van der Waals surface area (Å²) >= 11 is 6.17. The molecule has 2 aromatic heterocycles. The van der Waals surface area contributed by atoms with Crippen molar-refractivity contribution in [2.45, 2.75) is 4.90 Å². The Labute approximate surface area is 161 Å². The molecule has 1 N–H and O–H groups in total. The zero-order chi connectivity index (χ0) is 19.0. The van der Waals surface area contributed by atoms with Crippen LogP contribution in [0, 0.1) is 11.3 Å². The van der Waals surface area contributed by atoms with Gasteiger partial charge in [0.05, 0.1) is 27.9 Å². The molecule has 1 fully saturated rings. The molecule has 0 bridgehead atoms. The van der Waals surface area contributed by atoms with Gasteiger partial charge in [0, 0.05) is 38.6 Å². The molecule has 7 nitrogen and oxygen atoms in total. The van der Waals surface area contributed by atoms with Crippen molar-refractivity contribution >= 4 is 38.3 Å². The molecule has 1 saturated heterocycles. The topological polar surface area (TPSA) is 91.0 Å². The molecule has 1 aliphatic heterocycles. The van der Waals surface area contributed by atoms with Crippen LogP contribution in [0.15, 0.2) is 47.6 Å². The lowest BCUT2D eigenvalue weighted by atomic mass is 10.2. The molecule has 9 heteroatoms. The van der Waals surface area contributed by atoms with Crippen LogP contribution >= 0.6 is 11.6 Å². The van der Waals surface area contributed by atoms with Gasteiger partial charge in [0.15, 0.2) is 0 Å². The van der Waals surface area contributed by atoms with Crippen molar-refractivity contribution in [1.29, 1.82) is 5.26 Å². The van der Waals surface area contributed by atoms with E-state index in [0.717, 1.165) is 31.9 Å². The van der Waals surface area contributed by atoms with Crippen molar-refractivity contribution in [3.05, 3.63) is 53.3 Å². The third-order valence-electron chi connectivity index (χ3n) is 4.56. The molecular formula is C18H16ClN5O2S. The van der Waals surface area contributed by atoms with E-state index in [1.165, 1.54) is 22.2 Å². The van der Waals surface area contributed by atoms with Gasteiger partial charge in [-0.1, -0.05) is 11.6 Å². The molecule has 0 aliphatic carbocycles. The first-order valence-corrected chi connectivity index (χ1v) is 10.2. The minimum atomic E-state index is -3.95. The van der Waals surface area contributed by atoms with Crippen LogP contribution in [0.4, 0.5) is 5.69 Å². The fraction of sp³-hybridized carbons (Fsp3) is 0.222. The van der Waals surface area contributed by atoms with E-state index >= 15 is 0 Å². The number of benzene rings is 1. The third kappa shape index (κ3) is 3.04. The molecule has 1 aromatic carbocycles. The molecule has 27 heavy (non-hydrogen) atoms. The van der Waals surface area contributed by atoms with Gasteiger partial charge in [0.1, 0.15) is 10.4 Å². The number of aromatic nitrogens is 2. The highest BCUT2D eigenvalue weighted by molar-refractivity contribution is 7.90. The second-order valence-electron chi connectivity index (χ2n) is 6.18. The number of hydrogen-bond donors (Lipinski definition) is 1. The first kappa shape index (κ1) is 17.8. The van der Waals surface area contributed by atoms with E-state index in [9.17, 15) is 8.42 Å². The van der Waals surface area contributed by atoms with Crippen LogP contribution in [0.25, 0.3) is 11.0 Å². The Morgan fingerprint density at radius 3 is 2.70 bits per heavy atom. The molecule has 3 heterocycles. The van der Waals surface area contributed by atoms with Gasteiger partial charge in [-0.25, -0.2) is 12.4 Å². The normalized spacial score (nSPS) is 15.0. The number of halogens is 1. The van der Waals surface area contributed by atoms with Gasteiger partial charge in [-0.15, -0.1) is 0 Å². The molecule has 3 aromatic rings. The molecule has 0 saturated carbocycles. The summed E-state index contributed by atoms with van der Waals surface area (Å²) in [6, 6.07) is 9.55. The van der Waals surface area contributed by atoms with E-state index in [1.54, 1.807) is 24.5 Å². The van der Waals surface area contributed by atoms with E-state index in [1.807, 2.05) is 6.07 Å². The van der Waals surface area contributed by atoms with Gasteiger partial charge in [-0.05, 0) is 30.3 Å². The number of fused-ring (bicyclic) bond motifs is 1. The van der Waals surface area contributed by atoms with Gasteiger partial charge >= 0.3 is 0 Å². The van der Waals surface area contributed by atoms with Crippen molar-refractivity contribution in [2.75, 3.05) is 31.1 Å². The molecule has 0 amide bonds. The molecule has 138 valence electrons. The molecule has 4 rings (SSSR count). The van der Waals surface area contributed by atoms with Gasteiger partial charge in [0.25, 0.3) is 10.0 Å². The van der Waals surface area contributed by atoms with Crippen LogP contribution in [0.5, 0.6) is 0 Å². The Kier molecular flexibility index (Phi) is 4.52. The Hall–Kier alpha value is -2.60. The van der Waals surface area contributed by atoms with E-state index in [2.05, 4.69) is 15.2 Å². The largest absolute Gasteiger partial charge is 0.366 e. The maximum Gasteiger partial charge on any atom is 0.269 e. The van der Waals surface area contributed by atoms with Crippen molar-refractivity contribution in [1.82, 2.24) is 14.3 Å². The predicted octanol–water partition coefficient (Wildman–Crippen LogP) is 2.21. The van der Waals surface area contributed by atoms with Crippen LogP contribution in [0.2, 0.25) is 5.02 Å². The quantitative estimate of drug-likeness (QED) is 0.723. The molecule has 0 radical (unpaired) electrons. The Bertz CT molecular complexity index is 1160. The molecule has 1 aliphatic rings. The second-order valence-corrected chi connectivity index (χ2v) is 8.37. The summed E-state index contributed by atoms with van der Waals surface area (Å²) in [5.41, 5.74) is 2.21. The standard InChI is InChI=1S/C18H16ClN5O2S/c19-14-10-13(11-20)3-4-17(14)27(25,26)24-12-16(23-8-6-21-7-9-23)18-15(24)2-1-5-22-18/h1-5,10,12,21H,6-9H2. The zero-order valence-corrected chi connectivity index (χ0v) is 15.8. The molecular weight excluding hydrogens is 386 g/mol. The van der Waals surface area contributed by atoms with Crippen LogP contribution in [0.3, 0.4) is 0 Å². The lowest BCUT2D eigenvalue weighted by Crippen LogP contribution is -2.43. The summed E-state index contributed by atoms with van der Waals surface area (Å²) in [6.07, 6.45) is 3.26. The SMILES string of the molecule is N#Cc1ccc(S(=O)(=O)n2cc(N3CCNCC3)c3ncccc32)c(Cl)c1. The number of nitrogens with one attached hydrogen (secondary N) is 1. The lowest BCUT2D eigenvalue weighted by Gasteiger charge is -2.28. The van der Waals surface area contributed by atoms with Crippen LogP contribution in [-0.2, 0) is 10.0 Å². The number of pyridine rings is 1. The Morgan fingerprint density at radius 2 is 2.00 bits per heavy atom. The number of anilines is 1.